The van der Waals surface area contributed by atoms with Gasteiger partial charge in [-0.3, -0.25) is 0 Å². The number of hydrogen-bond acceptors (Lipinski definition) is 1. The summed E-state index contributed by atoms with van der Waals surface area (Å²) in [5.41, 5.74) is 1.48. The minimum Gasteiger partial charge on any atom is -0.319 e. The normalized spacial score (nSPS) is 14.3. The summed E-state index contributed by atoms with van der Waals surface area (Å²) in [6, 6.07) is 10.9. The molecule has 1 N–H and O–H groups in total. The molecule has 1 aromatic carbocycles. The summed E-state index contributed by atoms with van der Waals surface area (Å²) in [6.45, 7) is 5.78. The van der Waals surface area contributed by atoms with E-state index in [0.717, 1.165) is 18.4 Å². The fourth-order valence-electron chi connectivity index (χ4n) is 2.93. The lowest BCUT2D eigenvalue weighted by atomic mass is 9.85. The summed E-state index contributed by atoms with van der Waals surface area (Å²) in [4.78, 5) is 0. The highest BCUT2D eigenvalue weighted by Gasteiger charge is 2.15. The molecular weight excluding hydrogens is 230 g/mol. The molecule has 1 aromatic rings. The van der Waals surface area contributed by atoms with Crippen molar-refractivity contribution in [3.8, 4) is 0 Å². The van der Waals surface area contributed by atoms with E-state index in [2.05, 4.69) is 56.5 Å². The van der Waals surface area contributed by atoms with E-state index >= 15 is 0 Å². The van der Waals surface area contributed by atoms with E-state index in [1.54, 1.807) is 0 Å². The molecule has 0 aliphatic rings. The van der Waals surface area contributed by atoms with Crippen LogP contribution in [-0.2, 0) is 6.42 Å². The number of unbranched alkanes of at least 4 members (excludes halogenated alkanes) is 1. The monoisotopic (exact) mass is 261 g/mol. The Bertz CT molecular complexity index is 307. The van der Waals surface area contributed by atoms with Crippen LogP contribution >= 0.6 is 0 Å². The predicted molar refractivity (Wildman–Crippen MR) is 85.5 cm³/mol. The maximum atomic E-state index is 3.37. The van der Waals surface area contributed by atoms with Crippen LogP contribution in [0.3, 0.4) is 0 Å². The highest BCUT2D eigenvalue weighted by Crippen LogP contribution is 2.23. The van der Waals surface area contributed by atoms with E-state index in [-0.39, 0.29) is 0 Å². The Balaban J connectivity index is 2.51. The summed E-state index contributed by atoms with van der Waals surface area (Å²) >= 11 is 0. The second-order valence-electron chi connectivity index (χ2n) is 5.77. The molecule has 0 saturated carbocycles. The van der Waals surface area contributed by atoms with Crippen LogP contribution in [0, 0.1) is 11.8 Å². The van der Waals surface area contributed by atoms with Gasteiger partial charge in [0, 0.05) is 0 Å². The van der Waals surface area contributed by atoms with Crippen molar-refractivity contribution < 1.29 is 0 Å². The van der Waals surface area contributed by atoms with Gasteiger partial charge in [-0.25, -0.2) is 0 Å². The second kappa shape index (κ2) is 10.0. The van der Waals surface area contributed by atoms with Gasteiger partial charge in [0.25, 0.3) is 0 Å². The molecule has 108 valence electrons. The Labute approximate surface area is 119 Å². The Kier molecular flexibility index (Phi) is 8.57. The van der Waals surface area contributed by atoms with Crippen LogP contribution in [0.5, 0.6) is 0 Å². The average Bonchev–Trinajstić information content (AvgIpc) is 2.44. The number of rotatable bonds is 10. The topological polar surface area (TPSA) is 12.0 Å². The minimum atomic E-state index is 0.772. The van der Waals surface area contributed by atoms with Crippen LogP contribution in [0.4, 0.5) is 0 Å². The molecule has 0 radical (unpaired) electrons. The van der Waals surface area contributed by atoms with Crippen molar-refractivity contribution in [1.82, 2.24) is 5.32 Å². The van der Waals surface area contributed by atoms with Gasteiger partial charge in [-0.2, -0.15) is 0 Å². The van der Waals surface area contributed by atoms with Crippen molar-refractivity contribution in [2.75, 3.05) is 13.6 Å². The molecule has 0 heterocycles. The van der Waals surface area contributed by atoms with Crippen LogP contribution < -0.4 is 5.32 Å². The van der Waals surface area contributed by atoms with Crippen molar-refractivity contribution in [3.05, 3.63) is 35.9 Å². The molecule has 1 nitrogen and oxygen atoms in total. The van der Waals surface area contributed by atoms with Gasteiger partial charge in [0.1, 0.15) is 0 Å². The third kappa shape index (κ3) is 6.77. The molecule has 2 unspecified atom stereocenters. The van der Waals surface area contributed by atoms with Gasteiger partial charge < -0.3 is 5.32 Å². The molecule has 0 aliphatic heterocycles. The summed E-state index contributed by atoms with van der Waals surface area (Å²) in [6.07, 6.45) is 8.02. The van der Waals surface area contributed by atoms with Crippen molar-refractivity contribution in [2.24, 2.45) is 11.8 Å². The number of hydrogen-bond donors (Lipinski definition) is 1. The fourth-order valence-corrected chi connectivity index (χ4v) is 2.93. The summed E-state index contributed by atoms with van der Waals surface area (Å²) < 4.78 is 0. The van der Waals surface area contributed by atoms with Crippen LogP contribution in [0.2, 0.25) is 0 Å². The molecule has 1 heteroatoms. The van der Waals surface area contributed by atoms with Crippen LogP contribution in [0.25, 0.3) is 0 Å². The molecule has 0 saturated heterocycles. The maximum absolute atomic E-state index is 3.37. The first kappa shape index (κ1) is 16.2. The number of benzene rings is 1. The standard InChI is InChI=1S/C18H31N/c1-4-6-10-16(5-2)13-18(15-19-3)14-17-11-8-7-9-12-17/h7-9,11-12,16,18-19H,4-6,10,13-15H2,1-3H3. The first-order valence-electron chi connectivity index (χ1n) is 7.98. The first-order chi connectivity index (χ1) is 9.30. The van der Waals surface area contributed by atoms with E-state index in [0.29, 0.717) is 0 Å². The van der Waals surface area contributed by atoms with Crippen molar-refractivity contribution in [1.29, 1.82) is 0 Å². The molecule has 1 rings (SSSR count). The summed E-state index contributed by atoms with van der Waals surface area (Å²) in [5, 5.41) is 3.37. The van der Waals surface area contributed by atoms with E-state index in [4.69, 9.17) is 0 Å². The number of nitrogens with one attached hydrogen (secondary N) is 1. The van der Waals surface area contributed by atoms with Gasteiger partial charge in [0.2, 0.25) is 0 Å². The lowest BCUT2D eigenvalue weighted by Crippen LogP contribution is -2.23. The minimum absolute atomic E-state index is 0.772. The largest absolute Gasteiger partial charge is 0.319 e. The molecule has 0 aromatic heterocycles. The third-order valence-electron chi connectivity index (χ3n) is 4.07. The zero-order chi connectivity index (χ0) is 13.9. The van der Waals surface area contributed by atoms with Gasteiger partial charge in [0.15, 0.2) is 0 Å². The average molecular weight is 261 g/mol. The molecule has 0 amide bonds. The zero-order valence-corrected chi connectivity index (χ0v) is 13.0. The fraction of sp³-hybridized carbons (Fsp3) is 0.667. The van der Waals surface area contributed by atoms with E-state index < -0.39 is 0 Å². The predicted octanol–water partition coefficient (Wildman–Crippen LogP) is 4.67. The molecular formula is C18H31N. The molecule has 0 aliphatic carbocycles. The molecule has 2 atom stereocenters. The van der Waals surface area contributed by atoms with E-state index in [1.807, 2.05) is 0 Å². The van der Waals surface area contributed by atoms with Gasteiger partial charge in [0.05, 0.1) is 0 Å². The molecule has 0 fully saturated rings. The van der Waals surface area contributed by atoms with Gasteiger partial charge in [-0.1, -0.05) is 69.9 Å². The van der Waals surface area contributed by atoms with Crippen LogP contribution in [-0.4, -0.2) is 13.6 Å². The Morgan fingerprint density at radius 3 is 2.37 bits per heavy atom. The van der Waals surface area contributed by atoms with E-state index in [1.165, 1.54) is 44.1 Å². The molecule has 19 heavy (non-hydrogen) atoms. The van der Waals surface area contributed by atoms with E-state index in [9.17, 15) is 0 Å². The Morgan fingerprint density at radius 1 is 1.05 bits per heavy atom. The summed E-state index contributed by atoms with van der Waals surface area (Å²) in [5.74, 6) is 1.68. The lowest BCUT2D eigenvalue weighted by Gasteiger charge is -2.23. The summed E-state index contributed by atoms with van der Waals surface area (Å²) in [7, 11) is 2.07. The van der Waals surface area contributed by atoms with Crippen LogP contribution in [0.1, 0.15) is 51.5 Å². The first-order valence-corrected chi connectivity index (χ1v) is 7.98. The quantitative estimate of drug-likeness (QED) is 0.645. The van der Waals surface area contributed by atoms with Gasteiger partial charge in [-0.15, -0.1) is 0 Å². The van der Waals surface area contributed by atoms with Crippen molar-refractivity contribution in [3.63, 3.8) is 0 Å². The third-order valence-corrected chi connectivity index (χ3v) is 4.07. The van der Waals surface area contributed by atoms with Crippen LogP contribution in [0.15, 0.2) is 30.3 Å². The molecule has 0 spiro atoms. The smallest absolute Gasteiger partial charge is 0.00202 e. The Morgan fingerprint density at radius 2 is 1.79 bits per heavy atom. The molecule has 0 bridgehead atoms. The Hall–Kier alpha value is -0.820. The second-order valence-corrected chi connectivity index (χ2v) is 5.77. The lowest BCUT2D eigenvalue weighted by molar-refractivity contribution is 0.329. The zero-order valence-electron chi connectivity index (χ0n) is 13.0. The SMILES string of the molecule is CCCCC(CC)CC(CNC)Cc1ccccc1. The van der Waals surface area contributed by atoms with Gasteiger partial charge in [-0.05, 0) is 43.8 Å². The highest BCUT2D eigenvalue weighted by molar-refractivity contribution is 5.15. The van der Waals surface area contributed by atoms with Crippen molar-refractivity contribution in [2.45, 2.75) is 52.4 Å². The van der Waals surface area contributed by atoms with Gasteiger partial charge >= 0.3 is 0 Å². The van der Waals surface area contributed by atoms with Crippen molar-refractivity contribution >= 4 is 0 Å². The highest BCUT2D eigenvalue weighted by atomic mass is 14.8. The maximum Gasteiger partial charge on any atom is -0.00202 e.